The molecule has 170 valence electrons. The highest BCUT2D eigenvalue weighted by Crippen LogP contribution is 2.45. The van der Waals surface area contributed by atoms with Crippen LogP contribution in [0.5, 0.6) is 0 Å². The van der Waals surface area contributed by atoms with E-state index in [4.69, 9.17) is 11.6 Å². The molecule has 1 heterocycles. The Balaban J connectivity index is 1.65. The third-order valence-electron chi connectivity index (χ3n) is 6.50. The zero-order valence-electron chi connectivity index (χ0n) is 17.8. The van der Waals surface area contributed by atoms with Gasteiger partial charge in [0.05, 0.1) is 21.7 Å². The highest BCUT2D eigenvalue weighted by atomic mass is 35.5. The summed E-state index contributed by atoms with van der Waals surface area (Å²) in [5.74, 6) is -0.843. The molecule has 2 amide bonds. The summed E-state index contributed by atoms with van der Waals surface area (Å²) in [7, 11) is 0. The quantitative estimate of drug-likeness (QED) is 0.568. The first kappa shape index (κ1) is 22.6. The minimum absolute atomic E-state index is 0.0455. The molecule has 1 saturated heterocycles. The number of nitrogens with zero attached hydrogens (tertiary/aromatic N) is 1. The lowest BCUT2D eigenvalue weighted by atomic mass is 9.75. The van der Waals surface area contributed by atoms with Crippen LogP contribution in [0.2, 0.25) is 5.02 Å². The number of benzene rings is 2. The maximum Gasteiger partial charge on any atom is 0.416 e. The highest BCUT2D eigenvalue weighted by molar-refractivity contribution is 6.34. The standard InChI is InChI=1S/C24H24ClF3N2O2/c1-14(2)23(12-21(31)30(13-23)20-6-4-3-5-19(20)25)22(32)29-18-10-16(15-7-8-15)9-17(11-18)24(26,27)28/h3-6,9-11,14-15H,7-8,12-13H2,1-2H3,(H,29,32). The van der Waals surface area contributed by atoms with Crippen LogP contribution in [0.15, 0.2) is 42.5 Å². The van der Waals surface area contributed by atoms with Gasteiger partial charge in [-0.3, -0.25) is 9.59 Å². The average molecular weight is 465 g/mol. The van der Waals surface area contributed by atoms with E-state index in [1.54, 1.807) is 30.3 Å². The SMILES string of the molecule is CC(C)C1(C(=O)Nc2cc(C3CC3)cc(C(F)(F)F)c2)CC(=O)N(c2ccccc2Cl)C1. The van der Waals surface area contributed by atoms with E-state index in [9.17, 15) is 22.8 Å². The summed E-state index contributed by atoms with van der Waals surface area (Å²) >= 11 is 6.26. The van der Waals surface area contributed by atoms with E-state index < -0.39 is 23.1 Å². The first-order chi connectivity index (χ1) is 15.0. The van der Waals surface area contributed by atoms with Crippen LogP contribution in [0.25, 0.3) is 0 Å². The molecule has 32 heavy (non-hydrogen) atoms. The summed E-state index contributed by atoms with van der Waals surface area (Å²) in [5, 5.41) is 3.09. The zero-order chi connectivity index (χ0) is 23.3. The van der Waals surface area contributed by atoms with Crippen LogP contribution >= 0.6 is 11.6 Å². The lowest BCUT2D eigenvalue weighted by Crippen LogP contribution is -2.43. The van der Waals surface area contributed by atoms with Crippen molar-refractivity contribution in [2.75, 3.05) is 16.8 Å². The zero-order valence-corrected chi connectivity index (χ0v) is 18.6. The fourth-order valence-electron chi connectivity index (χ4n) is 4.28. The van der Waals surface area contributed by atoms with Crippen LogP contribution in [-0.4, -0.2) is 18.4 Å². The topological polar surface area (TPSA) is 49.4 Å². The summed E-state index contributed by atoms with van der Waals surface area (Å²) in [6, 6.07) is 10.6. The number of para-hydroxylation sites is 1. The lowest BCUT2D eigenvalue weighted by molar-refractivity contribution is -0.137. The molecular weight excluding hydrogens is 441 g/mol. The van der Waals surface area contributed by atoms with Gasteiger partial charge in [0.2, 0.25) is 11.8 Å². The number of nitrogens with one attached hydrogen (secondary N) is 1. The number of carbonyl (C=O) groups is 2. The van der Waals surface area contributed by atoms with Gasteiger partial charge >= 0.3 is 6.18 Å². The van der Waals surface area contributed by atoms with Gasteiger partial charge in [0, 0.05) is 18.7 Å². The molecule has 1 atom stereocenters. The smallest absolute Gasteiger partial charge is 0.326 e. The summed E-state index contributed by atoms with van der Waals surface area (Å²) in [6.45, 7) is 3.78. The van der Waals surface area contributed by atoms with Crippen molar-refractivity contribution in [3.8, 4) is 0 Å². The normalized spacial score (nSPS) is 21.3. The van der Waals surface area contributed by atoms with Crippen LogP contribution in [0.1, 0.15) is 50.2 Å². The maximum absolute atomic E-state index is 13.4. The molecule has 1 unspecified atom stereocenters. The predicted octanol–water partition coefficient (Wildman–Crippen LogP) is 6.25. The van der Waals surface area contributed by atoms with E-state index in [0.717, 1.165) is 25.0 Å². The molecule has 8 heteroatoms. The van der Waals surface area contributed by atoms with E-state index in [0.29, 0.717) is 16.3 Å². The van der Waals surface area contributed by atoms with Gasteiger partial charge < -0.3 is 10.2 Å². The molecular formula is C24H24ClF3N2O2. The Hall–Kier alpha value is -2.54. The average Bonchev–Trinajstić information content (AvgIpc) is 3.50. The molecule has 1 N–H and O–H groups in total. The van der Waals surface area contributed by atoms with Crippen molar-refractivity contribution in [1.82, 2.24) is 0 Å². The molecule has 4 nitrogen and oxygen atoms in total. The molecule has 1 saturated carbocycles. The second kappa shape index (κ2) is 8.10. The number of rotatable bonds is 5. The number of halogens is 4. The number of amides is 2. The van der Waals surface area contributed by atoms with Crippen molar-refractivity contribution < 1.29 is 22.8 Å². The number of hydrogen-bond donors (Lipinski definition) is 1. The Morgan fingerprint density at radius 2 is 1.88 bits per heavy atom. The van der Waals surface area contributed by atoms with E-state index in [-0.39, 0.29) is 36.4 Å². The van der Waals surface area contributed by atoms with Gasteiger partial charge in [-0.05, 0) is 60.6 Å². The van der Waals surface area contributed by atoms with Gasteiger partial charge in [-0.2, -0.15) is 13.2 Å². The molecule has 2 aromatic rings. The van der Waals surface area contributed by atoms with E-state index in [1.165, 1.54) is 4.90 Å². The Bertz CT molecular complexity index is 1070. The second-order valence-corrected chi connectivity index (χ2v) is 9.40. The molecule has 0 aromatic heterocycles. The summed E-state index contributed by atoms with van der Waals surface area (Å²) < 4.78 is 40.3. The van der Waals surface area contributed by atoms with Crippen molar-refractivity contribution in [2.45, 2.75) is 45.2 Å². The minimum atomic E-state index is -4.51. The monoisotopic (exact) mass is 464 g/mol. The number of alkyl halides is 3. The van der Waals surface area contributed by atoms with Gasteiger partial charge in [0.1, 0.15) is 0 Å². The van der Waals surface area contributed by atoms with E-state index >= 15 is 0 Å². The molecule has 2 aromatic carbocycles. The molecule has 2 fully saturated rings. The largest absolute Gasteiger partial charge is 0.416 e. The number of carbonyl (C=O) groups excluding carboxylic acids is 2. The summed E-state index contributed by atoms with van der Waals surface area (Å²) in [5.41, 5.74) is -0.672. The van der Waals surface area contributed by atoms with Crippen LogP contribution in [0.4, 0.5) is 24.5 Å². The minimum Gasteiger partial charge on any atom is -0.326 e. The summed E-state index contributed by atoms with van der Waals surface area (Å²) in [4.78, 5) is 27.8. The fourth-order valence-corrected chi connectivity index (χ4v) is 4.52. The van der Waals surface area contributed by atoms with E-state index in [2.05, 4.69) is 5.32 Å². The van der Waals surface area contributed by atoms with Crippen molar-refractivity contribution in [3.05, 3.63) is 58.6 Å². The second-order valence-electron chi connectivity index (χ2n) is 8.99. The Morgan fingerprint density at radius 1 is 1.19 bits per heavy atom. The Labute approximate surface area is 189 Å². The molecule has 1 aliphatic heterocycles. The van der Waals surface area contributed by atoms with Crippen molar-refractivity contribution in [2.24, 2.45) is 11.3 Å². The fraction of sp³-hybridized carbons (Fsp3) is 0.417. The van der Waals surface area contributed by atoms with Crippen LogP contribution in [-0.2, 0) is 15.8 Å². The third-order valence-corrected chi connectivity index (χ3v) is 6.82. The summed E-state index contributed by atoms with van der Waals surface area (Å²) in [6.07, 6.45) is -2.88. The van der Waals surface area contributed by atoms with Crippen molar-refractivity contribution in [1.29, 1.82) is 0 Å². The Morgan fingerprint density at radius 3 is 2.47 bits per heavy atom. The van der Waals surface area contributed by atoms with Gasteiger partial charge in [0.15, 0.2) is 0 Å². The first-order valence-corrected chi connectivity index (χ1v) is 11.0. The highest BCUT2D eigenvalue weighted by Gasteiger charge is 2.51. The van der Waals surface area contributed by atoms with Crippen LogP contribution < -0.4 is 10.2 Å². The van der Waals surface area contributed by atoms with Gasteiger partial charge in [-0.1, -0.05) is 37.6 Å². The molecule has 0 bridgehead atoms. The molecule has 1 aliphatic carbocycles. The van der Waals surface area contributed by atoms with Crippen LogP contribution in [0, 0.1) is 11.3 Å². The predicted molar refractivity (Wildman–Crippen MR) is 118 cm³/mol. The Kier molecular flexibility index (Phi) is 5.74. The molecule has 2 aliphatic rings. The van der Waals surface area contributed by atoms with Crippen molar-refractivity contribution in [3.63, 3.8) is 0 Å². The van der Waals surface area contributed by atoms with Gasteiger partial charge in [-0.25, -0.2) is 0 Å². The van der Waals surface area contributed by atoms with Gasteiger partial charge in [-0.15, -0.1) is 0 Å². The van der Waals surface area contributed by atoms with Crippen LogP contribution in [0.3, 0.4) is 0 Å². The third kappa shape index (κ3) is 4.22. The number of anilines is 2. The number of hydrogen-bond acceptors (Lipinski definition) is 2. The first-order valence-electron chi connectivity index (χ1n) is 10.6. The van der Waals surface area contributed by atoms with Crippen molar-refractivity contribution >= 4 is 34.8 Å². The molecule has 0 spiro atoms. The maximum atomic E-state index is 13.4. The lowest BCUT2D eigenvalue weighted by Gasteiger charge is -2.31. The van der Waals surface area contributed by atoms with Gasteiger partial charge in [0.25, 0.3) is 0 Å². The van der Waals surface area contributed by atoms with E-state index in [1.807, 2.05) is 13.8 Å². The molecule has 4 rings (SSSR count). The molecule has 0 radical (unpaired) electrons.